The lowest BCUT2D eigenvalue weighted by molar-refractivity contribution is -0.157. The molecule has 0 radical (unpaired) electrons. The summed E-state index contributed by atoms with van der Waals surface area (Å²) >= 11 is 0. The number of hydrogen-bond acceptors (Lipinski definition) is 5. The van der Waals surface area contributed by atoms with E-state index in [1.54, 1.807) is 6.92 Å². The van der Waals surface area contributed by atoms with Crippen LogP contribution in [-0.2, 0) is 23.9 Å². The predicted molar refractivity (Wildman–Crippen MR) is 111 cm³/mol. The third-order valence-electron chi connectivity index (χ3n) is 8.58. The van der Waals surface area contributed by atoms with Gasteiger partial charge in [-0.3, -0.25) is 24.1 Å². The summed E-state index contributed by atoms with van der Waals surface area (Å²) in [5, 5.41) is 3.24. The molecule has 31 heavy (non-hydrogen) atoms. The van der Waals surface area contributed by atoms with Gasteiger partial charge in [0.1, 0.15) is 0 Å². The van der Waals surface area contributed by atoms with Crippen molar-refractivity contribution in [2.45, 2.75) is 89.2 Å². The van der Waals surface area contributed by atoms with Gasteiger partial charge in [-0.05, 0) is 76.0 Å². The van der Waals surface area contributed by atoms with E-state index in [1.807, 2.05) is 0 Å². The van der Waals surface area contributed by atoms with Gasteiger partial charge in [-0.2, -0.15) is 0 Å². The average molecular weight is 431 g/mol. The molecule has 5 saturated carbocycles. The molecule has 1 aliphatic heterocycles. The number of likely N-dealkylation sites (tertiary alicyclic amines) is 1. The quantitative estimate of drug-likeness (QED) is 0.516. The number of hydrogen-bond donors (Lipinski definition) is 1. The maximum atomic E-state index is 12.8. The number of nitrogens with one attached hydrogen (secondary N) is 1. The van der Waals surface area contributed by atoms with Crippen LogP contribution in [0.2, 0.25) is 0 Å². The van der Waals surface area contributed by atoms with Gasteiger partial charge in [0.05, 0.1) is 18.3 Å². The van der Waals surface area contributed by atoms with E-state index in [4.69, 9.17) is 4.74 Å². The van der Waals surface area contributed by atoms with Crippen LogP contribution in [0.1, 0.15) is 77.6 Å². The Bertz CT molecular complexity index is 734. The summed E-state index contributed by atoms with van der Waals surface area (Å²) in [6.07, 6.45) is 9.60. The minimum Gasteiger partial charge on any atom is -0.452 e. The van der Waals surface area contributed by atoms with Crippen molar-refractivity contribution in [3.05, 3.63) is 0 Å². The zero-order valence-corrected chi connectivity index (χ0v) is 18.4. The molecule has 0 aromatic heterocycles. The van der Waals surface area contributed by atoms with E-state index in [0.717, 1.165) is 62.7 Å². The highest BCUT2D eigenvalue weighted by Crippen LogP contribution is 2.55. The molecule has 4 bridgehead atoms. The molecule has 1 N–H and O–H groups in total. The van der Waals surface area contributed by atoms with E-state index in [-0.39, 0.29) is 48.1 Å². The third kappa shape index (κ3) is 3.89. The highest BCUT2D eigenvalue weighted by molar-refractivity contribution is 6.05. The van der Waals surface area contributed by atoms with Crippen LogP contribution >= 0.6 is 0 Å². The Kier molecular flexibility index (Phi) is 5.33. The van der Waals surface area contributed by atoms with Gasteiger partial charge in [0.25, 0.3) is 5.91 Å². The molecule has 7 heteroatoms. The van der Waals surface area contributed by atoms with Crippen LogP contribution in [0.15, 0.2) is 0 Å². The van der Waals surface area contributed by atoms with Crippen molar-refractivity contribution < 1.29 is 23.9 Å². The summed E-state index contributed by atoms with van der Waals surface area (Å²) in [6, 6.07) is 0. The predicted octanol–water partition coefficient (Wildman–Crippen LogP) is 2.57. The SMILES string of the molecule is C[C@@H](OC(=O)CCN1C(=O)[C@H]2CCCC[C@@H]2C1=O)C(=O)NC12CC3CC(CC(C3)C1)C2. The molecule has 0 unspecified atom stereocenters. The van der Waals surface area contributed by atoms with Crippen molar-refractivity contribution in [3.63, 3.8) is 0 Å². The molecular formula is C24H34N2O5. The highest BCUT2D eigenvalue weighted by Gasteiger charge is 2.52. The van der Waals surface area contributed by atoms with Gasteiger partial charge < -0.3 is 10.1 Å². The lowest BCUT2D eigenvalue weighted by Crippen LogP contribution is -2.61. The lowest BCUT2D eigenvalue weighted by atomic mass is 9.53. The molecule has 6 aliphatic rings. The molecule has 6 rings (SSSR count). The zero-order valence-electron chi connectivity index (χ0n) is 18.4. The van der Waals surface area contributed by atoms with E-state index >= 15 is 0 Å². The van der Waals surface area contributed by atoms with E-state index in [1.165, 1.54) is 24.2 Å². The standard InChI is InChI=1S/C24H34N2O5/c1-14(21(28)25-24-11-15-8-16(12-24)10-17(9-15)13-24)31-20(27)6-7-26-22(29)18-4-2-3-5-19(18)23(26)30/h14-19H,2-13H2,1H3,(H,25,28)/t14-,15?,16?,17?,18+,19+,24?/m1/s1. The highest BCUT2D eigenvalue weighted by atomic mass is 16.5. The average Bonchev–Trinajstić information content (AvgIpc) is 2.95. The Hall–Kier alpha value is -1.92. The zero-order chi connectivity index (χ0) is 21.8. The Morgan fingerprint density at radius 3 is 2.03 bits per heavy atom. The molecule has 0 aromatic rings. The molecule has 6 fully saturated rings. The number of imide groups is 1. The van der Waals surface area contributed by atoms with Crippen LogP contribution in [0.3, 0.4) is 0 Å². The van der Waals surface area contributed by atoms with Crippen molar-refractivity contribution in [1.29, 1.82) is 0 Å². The molecule has 3 atom stereocenters. The summed E-state index contributed by atoms with van der Waals surface area (Å²) in [6.45, 7) is 1.65. The maximum Gasteiger partial charge on any atom is 0.308 e. The van der Waals surface area contributed by atoms with Crippen molar-refractivity contribution in [2.75, 3.05) is 6.54 Å². The number of amides is 3. The normalized spacial score (nSPS) is 39.4. The maximum absolute atomic E-state index is 12.8. The Morgan fingerprint density at radius 1 is 1.00 bits per heavy atom. The number of fused-ring (bicyclic) bond motifs is 1. The molecule has 5 aliphatic carbocycles. The van der Waals surface area contributed by atoms with Crippen LogP contribution < -0.4 is 5.32 Å². The molecule has 1 saturated heterocycles. The molecule has 3 amide bonds. The minimum absolute atomic E-state index is 0.0484. The second-order valence-corrected chi connectivity index (χ2v) is 10.9. The number of ether oxygens (including phenoxy) is 1. The van der Waals surface area contributed by atoms with E-state index in [9.17, 15) is 19.2 Å². The molecule has 0 spiro atoms. The first-order valence-electron chi connectivity index (χ1n) is 12.2. The second kappa shape index (κ2) is 7.89. The van der Waals surface area contributed by atoms with Crippen molar-refractivity contribution >= 4 is 23.7 Å². The molecule has 7 nitrogen and oxygen atoms in total. The number of rotatable bonds is 6. The second-order valence-electron chi connectivity index (χ2n) is 10.9. The van der Waals surface area contributed by atoms with E-state index in [2.05, 4.69) is 5.32 Å². The van der Waals surface area contributed by atoms with Crippen LogP contribution in [0.25, 0.3) is 0 Å². The molecule has 1 heterocycles. The van der Waals surface area contributed by atoms with Gasteiger partial charge in [-0.1, -0.05) is 12.8 Å². The van der Waals surface area contributed by atoms with Crippen LogP contribution in [0, 0.1) is 29.6 Å². The third-order valence-corrected chi connectivity index (χ3v) is 8.58. The fraction of sp³-hybridized carbons (Fsp3) is 0.833. The van der Waals surface area contributed by atoms with E-state index < -0.39 is 12.1 Å². The number of carbonyl (C=O) groups is 4. The van der Waals surface area contributed by atoms with E-state index in [0.29, 0.717) is 0 Å². The van der Waals surface area contributed by atoms with Gasteiger partial charge in [0.15, 0.2) is 6.10 Å². The first-order chi connectivity index (χ1) is 14.8. The minimum atomic E-state index is -0.868. The Morgan fingerprint density at radius 2 is 1.52 bits per heavy atom. The van der Waals surface area contributed by atoms with Gasteiger partial charge in [-0.25, -0.2) is 0 Å². The number of nitrogens with zero attached hydrogens (tertiary/aromatic N) is 1. The lowest BCUT2D eigenvalue weighted by Gasteiger charge is -2.57. The number of esters is 1. The van der Waals surface area contributed by atoms with Gasteiger partial charge in [0, 0.05) is 12.1 Å². The summed E-state index contributed by atoms with van der Waals surface area (Å²) in [5.74, 6) is 0.712. The number of carbonyl (C=O) groups excluding carboxylic acids is 4. The Labute approximate surface area is 183 Å². The van der Waals surface area contributed by atoms with Crippen LogP contribution in [0.5, 0.6) is 0 Å². The van der Waals surface area contributed by atoms with Gasteiger partial charge in [-0.15, -0.1) is 0 Å². The molecular weight excluding hydrogens is 396 g/mol. The van der Waals surface area contributed by atoms with Crippen molar-refractivity contribution in [3.8, 4) is 0 Å². The fourth-order valence-electron chi connectivity index (χ4n) is 7.59. The largest absolute Gasteiger partial charge is 0.452 e. The topological polar surface area (TPSA) is 92.8 Å². The Balaban J connectivity index is 1.11. The summed E-state index contributed by atoms with van der Waals surface area (Å²) in [5.41, 5.74) is -0.114. The van der Waals surface area contributed by atoms with Gasteiger partial charge >= 0.3 is 5.97 Å². The monoisotopic (exact) mass is 430 g/mol. The summed E-state index contributed by atoms with van der Waals surface area (Å²) in [4.78, 5) is 51.5. The smallest absolute Gasteiger partial charge is 0.308 e. The van der Waals surface area contributed by atoms with Crippen molar-refractivity contribution in [1.82, 2.24) is 10.2 Å². The van der Waals surface area contributed by atoms with Gasteiger partial charge in [0.2, 0.25) is 11.8 Å². The van der Waals surface area contributed by atoms with Crippen molar-refractivity contribution in [2.24, 2.45) is 29.6 Å². The van der Waals surface area contributed by atoms with Crippen LogP contribution in [0.4, 0.5) is 0 Å². The first kappa shape index (κ1) is 21.0. The molecule has 0 aromatic carbocycles. The molecule has 170 valence electrons. The first-order valence-corrected chi connectivity index (χ1v) is 12.2. The summed E-state index contributed by atoms with van der Waals surface area (Å²) in [7, 11) is 0. The fourth-order valence-corrected chi connectivity index (χ4v) is 7.59. The van der Waals surface area contributed by atoms with Crippen LogP contribution in [-0.4, -0.2) is 46.8 Å². The summed E-state index contributed by atoms with van der Waals surface area (Å²) < 4.78 is 5.37.